The van der Waals surface area contributed by atoms with Gasteiger partial charge in [-0.1, -0.05) is 0 Å². The Kier molecular flexibility index (Phi) is 5.11. The Hall–Kier alpha value is -3.86. The molecule has 0 atom stereocenters. The normalized spacial score (nSPS) is 12.0. The van der Waals surface area contributed by atoms with Crippen LogP contribution >= 0.6 is 0 Å². The molecule has 0 unspecified atom stereocenters. The second kappa shape index (κ2) is 7.76. The van der Waals surface area contributed by atoms with Crippen molar-refractivity contribution in [2.24, 2.45) is 0 Å². The third kappa shape index (κ3) is 4.08. The summed E-state index contributed by atoms with van der Waals surface area (Å²) in [5, 5.41) is 8.53. The lowest BCUT2D eigenvalue weighted by molar-refractivity contribution is 0.552. The molecule has 8 nitrogen and oxygen atoms in total. The molecule has 0 aliphatic carbocycles. The molecule has 0 radical (unpaired) electrons. The Morgan fingerprint density at radius 3 is 2.68 bits per heavy atom. The maximum Gasteiger partial charge on any atom is 0.231 e. The van der Waals surface area contributed by atoms with Gasteiger partial charge in [0, 0.05) is 41.4 Å². The Morgan fingerprint density at radius 1 is 1.13 bits per heavy atom. The molecule has 4 rings (SSSR count). The lowest BCUT2D eigenvalue weighted by atomic mass is 10.2. The predicted octanol–water partition coefficient (Wildman–Crippen LogP) is 3.43. The van der Waals surface area contributed by atoms with Crippen molar-refractivity contribution >= 4 is 44.3 Å². The molecule has 11 heteroatoms. The van der Waals surface area contributed by atoms with Crippen LogP contribution in [-0.2, 0) is 9.84 Å². The van der Waals surface area contributed by atoms with Gasteiger partial charge in [0.1, 0.15) is 22.3 Å². The first-order valence-electron chi connectivity index (χ1n) is 8.92. The van der Waals surface area contributed by atoms with E-state index in [2.05, 4.69) is 20.2 Å². The van der Waals surface area contributed by atoms with E-state index < -0.39 is 26.4 Å². The van der Waals surface area contributed by atoms with Gasteiger partial charge in [0.05, 0.1) is 11.7 Å². The summed E-state index contributed by atoms with van der Waals surface area (Å²) < 4.78 is 51.5. The smallest absolute Gasteiger partial charge is 0.231 e. The summed E-state index contributed by atoms with van der Waals surface area (Å²) >= 11 is 0. The third-order valence-electron chi connectivity index (χ3n) is 4.57. The second-order valence-corrected chi connectivity index (χ2v) is 8.44. The SMILES string of the molecule is CN(c1ccc2[nH]ncc2c1)c1ncc(/C=C/S(=O)(=O)c2ccc(F)cc2F)c(N)n1. The first kappa shape index (κ1) is 20.4. The number of aromatic amines is 1. The monoisotopic (exact) mass is 442 g/mol. The quantitative estimate of drug-likeness (QED) is 0.455. The van der Waals surface area contributed by atoms with E-state index in [9.17, 15) is 17.2 Å². The fourth-order valence-electron chi connectivity index (χ4n) is 2.88. The molecule has 31 heavy (non-hydrogen) atoms. The van der Waals surface area contributed by atoms with Crippen LogP contribution in [0, 0.1) is 11.6 Å². The summed E-state index contributed by atoms with van der Waals surface area (Å²) in [6.45, 7) is 0. The number of nitrogen functional groups attached to an aromatic ring is 1. The Bertz CT molecular complexity index is 1420. The highest BCUT2D eigenvalue weighted by Crippen LogP contribution is 2.26. The zero-order valence-electron chi connectivity index (χ0n) is 16.1. The number of nitrogens with zero attached hydrogens (tertiary/aromatic N) is 4. The van der Waals surface area contributed by atoms with Crippen molar-refractivity contribution in [3.8, 4) is 0 Å². The molecule has 0 amide bonds. The number of anilines is 3. The van der Waals surface area contributed by atoms with Gasteiger partial charge in [-0.05, 0) is 36.4 Å². The Balaban J connectivity index is 1.59. The molecule has 3 N–H and O–H groups in total. The fraction of sp³-hybridized carbons (Fsp3) is 0.0500. The molecule has 2 aromatic carbocycles. The van der Waals surface area contributed by atoms with Gasteiger partial charge in [0.2, 0.25) is 15.8 Å². The minimum absolute atomic E-state index is 0.0345. The summed E-state index contributed by atoms with van der Waals surface area (Å²) in [5.41, 5.74) is 7.88. The average molecular weight is 442 g/mol. The van der Waals surface area contributed by atoms with E-state index in [4.69, 9.17) is 5.73 Å². The number of benzene rings is 2. The maximum absolute atomic E-state index is 13.8. The molecule has 2 aromatic heterocycles. The second-order valence-electron chi connectivity index (χ2n) is 6.63. The number of hydrogen-bond acceptors (Lipinski definition) is 7. The summed E-state index contributed by atoms with van der Waals surface area (Å²) in [6, 6.07) is 7.86. The van der Waals surface area contributed by atoms with Crippen molar-refractivity contribution in [2.45, 2.75) is 4.90 Å². The number of H-pyrrole nitrogens is 1. The van der Waals surface area contributed by atoms with Crippen LogP contribution in [-0.4, -0.2) is 35.6 Å². The van der Waals surface area contributed by atoms with E-state index in [1.807, 2.05) is 18.2 Å². The van der Waals surface area contributed by atoms with Crippen molar-refractivity contribution in [3.63, 3.8) is 0 Å². The van der Waals surface area contributed by atoms with E-state index >= 15 is 0 Å². The van der Waals surface area contributed by atoms with Gasteiger partial charge in [-0.2, -0.15) is 10.1 Å². The fourth-order valence-corrected chi connectivity index (χ4v) is 3.94. The maximum atomic E-state index is 13.8. The van der Waals surface area contributed by atoms with E-state index in [-0.39, 0.29) is 11.4 Å². The van der Waals surface area contributed by atoms with Crippen molar-refractivity contribution < 1.29 is 17.2 Å². The van der Waals surface area contributed by atoms with Crippen LogP contribution in [0.5, 0.6) is 0 Å². The molecular weight excluding hydrogens is 426 g/mol. The number of hydrogen-bond donors (Lipinski definition) is 2. The molecule has 0 aliphatic rings. The van der Waals surface area contributed by atoms with Crippen LogP contribution in [0.25, 0.3) is 17.0 Å². The molecule has 0 bridgehead atoms. The van der Waals surface area contributed by atoms with E-state index in [1.165, 1.54) is 6.20 Å². The minimum Gasteiger partial charge on any atom is -0.383 e. The Morgan fingerprint density at radius 2 is 1.94 bits per heavy atom. The first-order chi connectivity index (χ1) is 14.7. The molecule has 0 aliphatic heterocycles. The van der Waals surface area contributed by atoms with Gasteiger partial charge in [-0.25, -0.2) is 22.2 Å². The number of rotatable bonds is 5. The van der Waals surface area contributed by atoms with Gasteiger partial charge in [-0.15, -0.1) is 0 Å². The molecule has 4 aromatic rings. The van der Waals surface area contributed by atoms with E-state index in [0.29, 0.717) is 12.0 Å². The zero-order valence-corrected chi connectivity index (χ0v) is 16.9. The van der Waals surface area contributed by atoms with Crippen molar-refractivity contribution in [1.29, 1.82) is 0 Å². The average Bonchev–Trinajstić information content (AvgIpc) is 3.20. The van der Waals surface area contributed by atoms with Crippen molar-refractivity contribution in [1.82, 2.24) is 20.2 Å². The van der Waals surface area contributed by atoms with Gasteiger partial charge < -0.3 is 10.6 Å². The van der Waals surface area contributed by atoms with Gasteiger partial charge >= 0.3 is 0 Å². The van der Waals surface area contributed by atoms with E-state index in [1.54, 1.807) is 18.1 Å². The minimum atomic E-state index is -4.16. The molecule has 158 valence electrons. The highest BCUT2D eigenvalue weighted by molar-refractivity contribution is 7.94. The van der Waals surface area contributed by atoms with Crippen LogP contribution in [0.3, 0.4) is 0 Å². The van der Waals surface area contributed by atoms with Gasteiger partial charge in [-0.3, -0.25) is 5.10 Å². The van der Waals surface area contributed by atoms with Gasteiger partial charge in [0.15, 0.2) is 0 Å². The highest BCUT2D eigenvalue weighted by atomic mass is 32.2. The summed E-state index contributed by atoms with van der Waals surface area (Å²) in [5.74, 6) is -1.72. The molecular formula is C20H16F2N6O2S. The van der Waals surface area contributed by atoms with Crippen molar-refractivity contribution in [3.05, 3.63) is 71.4 Å². The van der Waals surface area contributed by atoms with Crippen LogP contribution < -0.4 is 10.6 Å². The first-order valence-corrected chi connectivity index (χ1v) is 10.5. The molecule has 0 saturated carbocycles. The summed E-state index contributed by atoms with van der Waals surface area (Å²) in [6.07, 6.45) is 4.21. The lowest BCUT2D eigenvalue weighted by Gasteiger charge is -2.17. The van der Waals surface area contributed by atoms with E-state index in [0.717, 1.165) is 40.2 Å². The van der Waals surface area contributed by atoms with Crippen LogP contribution in [0.1, 0.15) is 5.56 Å². The Labute approximate surface area is 176 Å². The predicted molar refractivity (Wildman–Crippen MR) is 113 cm³/mol. The number of aromatic nitrogens is 4. The summed E-state index contributed by atoms with van der Waals surface area (Å²) in [4.78, 5) is 9.51. The number of halogens is 2. The van der Waals surface area contributed by atoms with Crippen LogP contribution in [0.15, 0.2) is 59.1 Å². The largest absolute Gasteiger partial charge is 0.383 e. The molecule has 0 saturated heterocycles. The van der Waals surface area contributed by atoms with Gasteiger partial charge in [0.25, 0.3) is 0 Å². The topological polar surface area (TPSA) is 118 Å². The van der Waals surface area contributed by atoms with Crippen LogP contribution in [0.4, 0.5) is 26.2 Å². The number of nitrogens with two attached hydrogens (primary N) is 1. The standard InChI is InChI=1S/C20H16F2N6O2S/c1-28(15-3-4-17-13(8-15)11-25-27-17)20-24-10-12(19(23)26-20)6-7-31(29,30)18-5-2-14(21)9-16(18)22/h2-11H,1H3,(H,25,27)(H2,23,24,26)/b7-6+. The number of fused-ring (bicyclic) bond motifs is 1. The lowest BCUT2D eigenvalue weighted by Crippen LogP contribution is -2.14. The number of nitrogens with one attached hydrogen (secondary N) is 1. The summed E-state index contributed by atoms with van der Waals surface area (Å²) in [7, 11) is -2.40. The molecule has 2 heterocycles. The zero-order chi connectivity index (χ0) is 22.2. The number of sulfone groups is 1. The molecule has 0 spiro atoms. The molecule has 0 fully saturated rings. The van der Waals surface area contributed by atoms with Crippen LogP contribution in [0.2, 0.25) is 0 Å². The van der Waals surface area contributed by atoms with Crippen molar-refractivity contribution in [2.75, 3.05) is 17.7 Å². The third-order valence-corrected chi connectivity index (χ3v) is 6.01. The highest BCUT2D eigenvalue weighted by Gasteiger charge is 2.17.